The number of hydrogen-bond donors (Lipinski definition) is 1. The van der Waals surface area contributed by atoms with Gasteiger partial charge >= 0.3 is 12.0 Å². The fraction of sp³-hybridized carbons (Fsp3) is 0.476. The predicted octanol–water partition coefficient (Wildman–Crippen LogP) is 1.51. The summed E-state index contributed by atoms with van der Waals surface area (Å²) in [6.07, 6.45) is 1.40. The maximum absolute atomic E-state index is 12.6. The van der Waals surface area contributed by atoms with Crippen LogP contribution in [0.25, 0.3) is 0 Å². The van der Waals surface area contributed by atoms with Gasteiger partial charge in [0.05, 0.1) is 13.2 Å². The van der Waals surface area contributed by atoms with Crippen molar-refractivity contribution in [3.63, 3.8) is 0 Å². The summed E-state index contributed by atoms with van der Waals surface area (Å²) in [6.45, 7) is 8.95. The van der Waals surface area contributed by atoms with Crippen LogP contribution in [-0.2, 0) is 11.3 Å². The zero-order valence-corrected chi connectivity index (χ0v) is 17.2. The van der Waals surface area contributed by atoms with Gasteiger partial charge in [0.1, 0.15) is 0 Å². The second kappa shape index (κ2) is 8.85. The molecule has 2 aromatic rings. The molecule has 3 heterocycles. The number of aryl methyl sites for hydroxylation is 1. The predicted molar refractivity (Wildman–Crippen MR) is 111 cm³/mol. The number of piperazine rings is 1. The quantitative estimate of drug-likeness (QED) is 0.812. The van der Waals surface area contributed by atoms with Crippen molar-refractivity contribution in [3.8, 4) is 0 Å². The molecule has 1 amide bonds. The van der Waals surface area contributed by atoms with Gasteiger partial charge in [0, 0.05) is 57.7 Å². The lowest BCUT2D eigenvalue weighted by molar-refractivity contribution is 0.0689. The minimum atomic E-state index is -1.14. The molecule has 4 rings (SSSR count). The first-order valence-corrected chi connectivity index (χ1v) is 10.2. The summed E-state index contributed by atoms with van der Waals surface area (Å²) in [6, 6.07) is 7.65. The minimum absolute atomic E-state index is 0.128. The molecule has 0 unspecified atom stereocenters. The van der Waals surface area contributed by atoms with Crippen LogP contribution in [0.1, 0.15) is 21.6 Å². The van der Waals surface area contributed by atoms with Crippen LogP contribution in [-0.4, -0.2) is 89.2 Å². The Balaban J connectivity index is 1.38. The summed E-state index contributed by atoms with van der Waals surface area (Å²) in [7, 11) is 0. The summed E-state index contributed by atoms with van der Waals surface area (Å²) in [5.41, 5.74) is 3.68. The monoisotopic (exact) mass is 413 g/mol. The number of carboxylic acid groups (broad SMARTS) is 1. The second-order valence-corrected chi connectivity index (χ2v) is 7.73. The van der Waals surface area contributed by atoms with E-state index < -0.39 is 5.97 Å². The molecular weight excluding hydrogens is 386 g/mol. The van der Waals surface area contributed by atoms with Gasteiger partial charge in [-0.15, -0.1) is 0 Å². The molecule has 1 aromatic heterocycles. The molecule has 9 heteroatoms. The molecule has 160 valence electrons. The van der Waals surface area contributed by atoms with Crippen LogP contribution in [0.5, 0.6) is 0 Å². The first kappa shape index (κ1) is 20.4. The third kappa shape index (κ3) is 4.47. The SMILES string of the molecule is Cc1ccc(CN2CCN(C(=O)n3ccc(C(=O)O)n3)CC2)c(N2CCOCC2)c1. The number of aromatic carboxylic acids is 1. The fourth-order valence-corrected chi connectivity index (χ4v) is 3.93. The largest absolute Gasteiger partial charge is 0.476 e. The first-order valence-electron chi connectivity index (χ1n) is 10.2. The number of morpholine rings is 1. The molecule has 1 aromatic carbocycles. The molecule has 0 atom stereocenters. The maximum Gasteiger partial charge on any atom is 0.356 e. The number of carbonyl (C=O) groups is 2. The first-order chi connectivity index (χ1) is 14.5. The summed E-state index contributed by atoms with van der Waals surface area (Å²) in [5, 5.41) is 12.8. The highest BCUT2D eigenvalue weighted by molar-refractivity contribution is 5.86. The van der Waals surface area contributed by atoms with Gasteiger partial charge in [0.25, 0.3) is 0 Å². The van der Waals surface area contributed by atoms with E-state index in [4.69, 9.17) is 9.84 Å². The van der Waals surface area contributed by atoms with Gasteiger partial charge in [0.15, 0.2) is 5.69 Å². The highest BCUT2D eigenvalue weighted by atomic mass is 16.5. The zero-order valence-electron chi connectivity index (χ0n) is 17.2. The number of rotatable bonds is 4. The highest BCUT2D eigenvalue weighted by Crippen LogP contribution is 2.25. The van der Waals surface area contributed by atoms with E-state index in [-0.39, 0.29) is 11.7 Å². The second-order valence-electron chi connectivity index (χ2n) is 7.73. The fourth-order valence-electron chi connectivity index (χ4n) is 3.93. The molecule has 9 nitrogen and oxygen atoms in total. The average molecular weight is 413 g/mol. The highest BCUT2D eigenvalue weighted by Gasteiger charge is 2.24. The van der Waals surface area contributed by atoms with Gasteiger partial charge in [-0.25, -0.2) is 9.59 Å². The number of benzene rings is 1. The Labute approximate surface area is 175 Å². The number of hydrogen-bond acceptors (Lipinski definition) is 6. The zero-order chi connectivity index (χ0) is 21.1. The summed E-state index contributed by atoms with van der Waals surface area (Å²) >= 11 is 0. The van der Waals surface area contributed by atoms with Gasteiger partial charge in [-0.1, -0.05) is 12.1 Å². The number of carbonyl (C=O) groups excluding carboxylic acids is 1. The van der Waals surface area contributed by atoms with E-state index in [0.29, 0.717) is 13.1 Å². The number of carboxylic acids is 1. The molecule has 0 radical (unpaired) electrons. The van der Waals surface area contributed by atoms with Gasteiger partial charge in [-0.05, 0) is 30.2 Å². The van der Waals surface area contributed by atoms with Gasteiger partial charge in [-0.3, -0.25) is 4.90 Å². The molecule has 0 aliphatic carbocycles. The molecule has 2 fully saturated rings. The molecular formula is C21H27N5O4. The van der Waals surface area contributed by atoms with Crippen molar-refractivity contribution < 1.29 is 19.4 Å². The lowest BCUT2D eigenvalue weighted by Gasteiger charge is -2.36. The van der Waals surface area contributed by atoms with E-state index in [0.717, 1.165) is 50.6 Å². The van der Waals surface area contributed by atoms with Crippen molar-refractivity contribution in [1.29, 1.82) is 0 Å². The Bertz CT molecular complexity index is 914. The minimum Gasteiger partial charge on any atom is -0.476 e. The molecule has 0 bridgehead atoms. The Morgan fingerprint density at radius 2 is 1.80 bits per heavy atom. The Morgan fingerprint density at radius 1 is 1.07 bits per heavy atom. The van der Waals surface area contributed by atoms with Gasteiger partial charge < -0.3 is 19.6 Å². The molecule has 0 saturated carbocycles. The normalized spacial score (nSPS) is 17.9. The van der Waals surface area contributed by atoms with E-state index >= 15 is 0 Å². The Hall–Kier alpha value is -2.91. The molecule has 2 aliphatic rings. The summed E-state index contributed by atoms with van der Waals surface area (Å²) in [5.74, 6) is -1.14. The van der Waals surface area contributed by atoms with Crippen LogP contribution in [0, 0.1) is 6.92 Å². The molecule has 2 aliphatic heterocycles. The number of aromatic nitrogens is 2. The number of amides is 1. The van der Waals surface area contributed by atoms with Gasteiger partial charge in [-0.2, -0.15) is 9.78 Å². The van der Waals surface area contributed by atoms with Crippen molar-refractivity contribution in [3.05, 3.63) is 47.3 Å². The lowest BCUT2D eigenvalue weighted by Crippen LogP contribution is -2.49. The van der Waals surface area contributed by atoms with Crippen molar-refractivity contribution in [1.82, 2.24) is 19.6 Å². The van der Waals surface area contributed by atoms with E-state index in [1.54, 1.807) is 4.90 Å². The number of anilines is 1. The Morgan fingerprint density at radius 3 is 2.47 bits per heavy atom. The van der Waals surface area contributed by atoms with Crippen molar-refractivity contribution >= 4 is 17.7 Å². The number of nitrogens with zero attached hydrogens (tertiary/aromatic N) is 5. The van der Waals surface area contributed by atoms with E-state index in [1.807, 2.05) is 0 Å². The van der Waals surface area contributed by atoms with Crippen LogP contribution >= 0.6 is 0 Å². The molecule has 1 N–H and O–H groups in total. The van der Waals surface area contributed by atoms with E-state index in [2.05, 4.69) is 40.0 Å². The maximum atomic E-state index is 12.6. The Kier molecular flexibility index (Phi) is 6.01. The topological polar surface area (TPSA) is 91.1 Å². The van der Waals surface area contributed by atoms with E-state index in [9.17, 15) is 9.59 Å². The summed E-state index contributed by atoms with van der Waals surface area (Å²) in [4.78, 5) is 30.0. The average Bonchev–Trinajstić information content (AvgIpc) is 3.26. The third-order valence-corrected chi connectivity index (χ3v) is 5.63. The molecule has 30 heavy (non-hydrogen) atoms. The number of ether oxygens (including phenoxy) is 1. The molecule has 0 spiro atoms. The lowest BCUT2D eigenvalue weighted by atomic mass is 10.1. The molecule has 2 saturated heterocycles. The van der Waals surface area contributed by atoms with Crippen LogP contribution in [0.4, 0.5) is 10.5 Å². The standard InChI is InChI=1S/C21H27N5O4/c1-16-2-3-17(19(14-16)24-10-12-30-13-11-24)15-23-6-8-25(9-7-23)21(29)26-5-4-18(22-26)20(27)28/h2-5,14H,6-13,15H2,1H3,(H,27,28). The van der Waals surface area contributed by atoms with Crippen molar-refractivity contribution in [2.75, 3.05) is 57.4 Å². The van der Waals surface area contributed by atoms with Crippen LogP contribution in [0.2, 0.25) is 0 Å². The summed E-state index contributed by atoms with van der Waals surface area (Å²) < 4.78 is 6.60. The van der Waals surface area contributed by atoms with Crippen LogP contribution in [0.3, 0.4) is 0 Å². The van der Waals surface area contributed by atoms with E-state index in [1.165, 1.54) is 29.1 Å². The van der Waals surface area contributed by atoms with Crippen molar-refractivity contribution in [2.24, 2.45) is 0 Å². The van der Waals surface area contributed by atoms with Crippen molar-refractivity contribution in [2.45, 2.75) is 13.5 Å². The van der Waals surface area contributed by atoms with Crippen LogP contribution in [0.15, 0.2) is 30.5 Å². The smallest absolute Gasteiger partial charge is 0.356 e. The third-order valence-electron chi connectivity index (χ3n) is 5.63. The van der Waals surface area contributed by atoms with Gasteiger partial charge in [0.2, 0.25) is 0 Å². The van der Waals surface area contributed by atoms with Crippen LogP contribution < -0.4 is 4.90 Å².